The molecule has 3 heteroatoms. The van der Waals surface area contributed by atoms with E-state index in [0.717, 1.165) is 0 Å². The largest absolute Gasteiger partial charge is 0.461 e. The Morgan fingerprint density at radius 3 is 2.60 bits per heavy atom. The van der Waals surface area contributed by atoms with Crippen LogP contribution in [-0.2, 0) is 9.53 Å². The van der Waals surface area contributed by atoms with E-state index in [4.69, 9.17) is 4.74 Å². The van der Waals surface area contributed by atoms with Gasteiger partial charge in [0.15, 0.2) is 0 Å². The van der Waals surface area contributed by atoms with Crippen LogP contribution >= 0.6 is 15.9 Å². The van der Waals surface area contributed by atoms with Crippen molar-refractivity contribution < 1.29 is 9.53 Å². The first kappa shape index (κ1) is 9.69. The van der Waals surface area contributed by atoms with Crippen molar-refractivity contribution in [1.82, 2.24) is 0 Å². The third-order valence-corrected chi connectivity index (χ3v) is 1.06. The van der Waals surface area contributed by atoms with E-state index in [1.54, 1.807) is 6.92 Å². The lowest BCUT2D eigenvalue weighted by molar-refractivity contribution is -0.138. The van der Waals surface area contributed by atoms with Gasteiger partial charge in [-0.25, -0.2) is 4.79 Å². The van der Waals surface area contributed by atoms with Crippen LogP contribution in [0.15, 0.2) is 12.2 Å². The summed E-state index contributed by atoms with van der Waals surface area (Å²) in [5, 5.41) is 0. The molecule has 1 atom stereocenters. The zero-order chi connectivity index (χ0) is 8.15. The fraction of sp³-hybridized carbons (Fsp3) is 0.571. The zero-order valence-electron chi connectivity index (χ0n) is 6.19. The Labute approximate surface area is 69.4 Å². The number of carbonyl (C=O) groups excluding carboxylic acids is 1. The molecule has 0 aromatic rings. The average molecular weight is 207 g/mol. The Kier molecular flexibility index (Phi) is 4.36. The van der Waals surface area contributed by atoms with Crippen LogP contribution in [-0.4, -0.2) is 17.4 Å². The van der Waals surface area contributed by atoms with Crippen LogP contribution in [0.1, 0.15) is 13.8 Å². The second kappa shape index (κ2) is 4.50. The first-order chi connectivity index (χ1) is 4.54. The SMILES string of the molecule is C=C(C)C(=O)OCC(C)Br. The fourth-order valence-electron chi connectivity index (χ4n) is 0.314. The predicted octanol–water partition coefficient (Wildman–Crippen LogP) is 1.89. The van der Waals surface area contributed by atoms with Crippen LogP contribution in [0, 0.1) is 0 Å². The second-order valence-corrected chi connectivity index (χ2v) is 3.72. The molecule has 0 rings (SSSR count). The van der Waals surface area contributed by atoms with Crippen molar-refractivity contribution in [3.8, 4) is 0 Å². The maximum atomic E-state index is 10.7. The standard InChI is InChI=1S/C7H11BrO2/c1-5(2)7(9)10-4-6(3)8/h6H,1,4H2,2-3H3. The van der Waals surface area contributed by atoms with Crippen LogP contribution in [0.3, 0.4) is 0 Å². The molecular weight excluding hydrogens is 196 g/mol. The normalized spacial score (nSPS) is 12.3. The molecule has 0 saturated heterocycles. The van der Waals surface area contributed by atoms with Gasteiger partial charge in [-0.3, -0.25) is 0 Å². The van der Waals surface area contributed by atoms with Gasteiger partial charge < -0.3 is 4.74 Å². The minimum Gasteiger partial charge on any atom is -0.461 e. The van der Waals surface area contributed by atoms with E-state index in [1.165, 1.54) is 0 Å². The van der Waals surface area contributed by atoms with Gasteiger partial charge in [0.25, 0.3) is 0 Å². The molecule has 0 aromatic heterocycles. The zero-order valence-corrected chi connectivity index (χ0v) is 7.77. The van der Waals surface area contributed by atoms with E-state index in [0.29, 0.717) is 12.2 Å². The van der Waals surface area contributed by atoms with Gasteiger partial charge in [-0.2, -0.15) is 0 Å². The molecule has 0 aliphatic carbocycles. The van der Waals surface area contributed by atoms with E-state index >= 15 is 0 Å². The van der Waals surface area contributed by atoms with Gasteiger partial charge in [-0.15, -0.1) is 0 Å². The van der Waals surface area contributed by atoms with Crippen molar-refractivity contribution in [2.24, 2.45) is 0 Å². The van der Waals surface area contributed by atoms with Crippen LogP contribution in [0.2, 0.25) is 0 Å². The molecule has 10 heavy (non-hydrogen) atoms. The van der Waals surface area contributed by atoms with Crippen molar-refractivity contribution in [3.63, 3.8) is 0 Å². The van der Waals surface area contributed by atoms with Crippen molar-refractivity contribution in [2.75, 3.05) is 6.61 Å². The summed E-state index contributed by atoms with van der Waals surface area (Å²) in [5.74, 6) is -0.327. The highest BCUT2D eigenvalue weighted by Crippen LogP contribution is 1.99. The molecule has 2 nitrogen and oxygen atoms in total. The molecular formula is C7H11BrO2. The Hall–Kier alpha value is -0.310. The van der Waals surface area contributed by atoms with Crippen molar-refractivity contribution in [3.05, 3.63) is 12.2 Å². The number of alkyl halides is 1. The van der Waals surface area contributed by atoms with Gasteiger partial charge >= 0.3 is 5.97 Å². The summed E-state index contributed by atoms with van der Waals surface area (Å²) in [6.45, 7) is 7.37. The monoisotopic (exact) mass is 206 g/mol. The lowest BCUT2D eigenvalue weighted by Crippen LogP contribution is -2.11. The average Bonchev–Trinajstić information content (AvgIpc) is 1.82. The van der Waals surface area contributed by atoms with Crippen LogP contribution in [0.4, 0.5) is 0 Å². The summed E-state index contributed by atoms with van der Waals surface area (Å²) in [6, 6.07) is 0. The van der Waals surface area contributed by atoms with Gasteiger partial charge in [-0.05, 0) is 13.8 Å². The lowest BCUT2D eigenvalue weighted by Gasteiger charge is -2.04. The topological polar surface area (TPSA) is 26.3 Å². The Bertz CT molecular complexity index is 141. The molecule has 1 unspecified atom stereocenters. The smallest absolute Gasteiger partial charge is 0.333 e. The maximum Gasteiger partial charge on any atom is 0.333 e. The molecule has 0 N–H and O–H groups in total. The van der Waals surface area contributed by atoms with Gasteiger partial charge in [0.05, 0.1) is 0 Å². The summed E-state index contributed by atoms with van der Waals surface area (Å²) in [5.41, 5.74) is 0.438. The van der Waals surface area contributed by atoms with E-state index in [1.807, 2.05) is 6.92 Å². The third-order valence-electron chi connectivity index (χ3n) is 0.793. The highest BCUT2D eigenvalue weighted by atomic mass is 79.9. The van der Waals surface area contributed by atoms with Crippen molar-refractivity contribution >= 4 is 21.9 Å². The quantitative estimate of drug-likeness (QED) is 0.401. The molecule has 0 aliphatic heterocycles. The van der Waals surface area contributed by atoms with E-state index in [-0.39, 0.29) is 10.8 Å². The molecule has 0 spiro atoms. The molecule has 0 bridgehead atoms. The van der Waals surface area contributed by atoms with Crippen LogP contribution in [0.25, 0.3) is 0 Å². The number of halogens is 1. The molecule has 0 aliphatic rings. The van der Waals surface area contributed by atoms with Gasteiger partial charge in [0.2, 0.25) is 0 Å². The molecule has 0 aromatic carbocycles. The third kappa shape index (κ3) is 4.56. The molecule has 58 valence electrons. The van der Waals surface area contributed by atoms with Crippen LogP contribution in [0.5, 0.6) is 0 Å². The number of esters is 1. The number of rotatable bonds is 3. The van der Waals surface area contributed by atoms with E-state index in [2.05, 4.69) is 22.5 Å². The Balaban J connectivity index is 3.50. The first-order valence-corrected chi connectivity index (χ1v) is 3.92. The summed E-state index contributed by atoms with van der Waals surface area (Å²) in [4.78, 5) is 10.9. The number of ether oxygens (including phenoxy) is 1. The summed E-state index contributed by atoms with van der Waals surface area (Å²) in [7, 11) is 0. The van der Waals surface area contributed by atoms with Crippen molar-refractivity contribution in [2.45, 2.75) is 18.7 Å². The number of carbonyl (C=O) groups is 1. The van der Waals surface area contributed by atoms with Gasteiger partial charge in [0, 0.05) is 10.4 Å². The first-order valence-electron chi connectivity index (χ1n) is 3.00. The van der Waals surface area contributed by atoms with Gasteiger partial charge in [-0.1, -0.05) is 22.5 Å². The molecule has 0 radical (unpaired) electrons. The van der Waals surface area contributed by atoms with E-state index < -0.39 is 0 Å². The Morgan fingerprint density at radius 1 is 1.80 bits per heavy atom. The fourth-order valence-corrected chi connectivity index (χ4v) is 0.446. The molecule has 0 saturated carbocycles. The minimum absolute atomic E-state index is 0.204. The maximum absolute atomic E-state index is 10.7. The molecule has 0 heterocycles. The summed E-state index contributed by atoms with van der Waals surface area (Å²) in [6.07, 6.45) is 0. The van der Waals surface area contributed by atoms with Crippen LogP contribution < -0.4 is 0 Å². The van der Waals surface area contributed by atoms with Gasteiger partial charge in [0.1, 0.15) is 6.61 Å². The lowest BCUT2D eigenvalue weighted by atomic mass is 10.4. The number of hydrogen-bond acceptors (Lipinski definition) is 2. The minimum atomic E-state index is -0.327. The highest BCUT2D eigenvalue weighted by Gasteiger charge is 2.03. The molecule has 0 fully saturated rings. The van der Waals surface area contributed by atoms with Crippen molar-refractivity contribution in [1.29, 1.82) is 0 Å². The Morgan fingerprint density at radius 2 is 2.30 bits per heavy atom. The highest BCUT2D eigenvalue weighted by molar-refractivity contribution is 9.09. The predicted molar refractivity (Wildman–Crippen MR) is 44.2 cm³/mol. The number of hydrogen-bond donors (Lipinski definition) is 0. The summed E-state index contributed by atoms with van der Waals surface area (Å²) < 4.78 is 4.78. The molecule has 0 amide bonds. The summed E-state index contributed by atoms with van der Waals surface area (Å²) >= 11 is 3.25. The second-order valence-electron chi connectivity index (χ2n) is 2.16. The van der Waals surface area contributed by atoms with E-state index in [9.17, 15) is 4.79 Å².